The van der Waals surface area contributed by atoms with Gasteiger partial charge in [-0.1, -0.05) is 50.2 Å². The molecule has 2 aromatic carbocycles. The SMILES string of the molecule is CC(C)(C)c1ccc(OCCCC(=O)Nc2cccc(-c3noc(=O)[nH]3)c2)cc1. The minimum Gasteiger partial charge on any atom is -0.494 e. The summed E-state index contributed by atoms with van der Waals surface area (Å²) in [4.78, 5) is 25.7. The lowest BCUT2D eigenvalue weighted by atomic mass is 9.87. The van der Waals surface area contributed by atoms with Crippen LogP contribution in [0.5, 0.6) is 5.75 Å². The molecule has 2 N–H and O–H groups in total. The molecule has 0 bridgehead atoms. The summed E-state index contributed by atoms with van der Waals surface area (Å²) in [5.74, 6) is 0.384. The number of rotatable bonds is 7. The van der Waals surface area contributed by atoms with Gasteiger partial charge in [-0.2, -0.15) is 0 Å². The van der Waals surface area contributed by atoms with Crippen molar-refractivity contribution in [3.63, 3.8) is 0 Å². The predicted octanol–water partition coefficient (Wildman–Crippen LogP) is 4.13. The average molecular weight is 395 g/mol. The molecule has 1 heterocycles. The molecule has 0 unspecified atom stereocenters. The number of carbonyl (C=O) groups excluding carboxylic acids is 1. The molecule has 0 spiro atoms. The van der Waals surface area contributed by atoms with Gasteiger partial charge in [0.25, 0.3) is 0 Å². The normalized spacial score (nSPS) is 11.3. The summed E-state index contributed by atoms with van der Waals surface area (Å²) < 4.78 is 10.2. The Balaban J connectivity index is 1.45. The average Bonchev–Trinajstić information content (AvgIpc) is 3.12. The number of aromatic amines is 1. The van der Waals surface area contributed by atoms with Gasteiger partial charge in [-0.25, -0.2) is 4.79 Å². The molecule has 3 rings (SSSR count). The van der Waals surface area contributed by atoms with Gasteiger partial charge < -0.3 is 10.1 Å². The van der Waals surface area contributed by atoms with E-state index in [1.807, 2.05) is 12.1 Å². The zero-order valence-corrected chi connectivity index (χ0v) is 16.8. The molecule has 7 heteroatoms. The Hall–Kier alpha value is -3.35. The second kappa shape index (κ2) is 8.77. The fraction of sp³-hybridized carbons (Fsp3) is 0.318. The van der Waals surface area contributed by atoms with Gasteiger partial charge in [0.1, 0.15) is 5.75 Å². The Morgan fingerprint density at radius 2 is 1.93 bits per heavy atom. The van der Waals surface area contributed by atoms with Gasteiger partial charge in [0.2, 0.25) is 5.91 Å². The van der Waals surface area contributed by atoms with E-state index in [-0.39, 0.29) is 11.3 Å². The zero-order valence-electron chi connectivity index (χ0n) is 16.8. The van der Waals surface area contributed by atoms with Gasteiger partial charge in [0.05, 0.1) is 6.61 Å². The van der Waals surface area contributed by atoms with E-state index < -0.39 is 5.76 Å². The van der Waals surface area contributed by atoms with Crippen molar-refractivity contribution in [1.82, 2.24) is 10.1 Å². The quantitative estimate of drug-likeness (QED) is 0.587. The lowest BCUT2D eigenvalue weighted by Crippen LogP contribution is -2.13. The molecule has 0 saturated carbocycles. The minimum atomic E-state index is -0.623. The van der Waals surface area contributed by atoms with Gasteiger partial charge in [0, 0.05) is 17.7 Å². The van der Waals surface area contributed by atoms with Gasteiger partial charge in [-0.15, -0.1) is 0 Å². The minimum absolute atomic E-state index is 0.108. The summed E-state index contributed by atoms with van der Waals surface area (Å²) in [7, 11) is 0. The van der Waals surface area contributed by atoms with Crippen LogP contribution in [-0.2, 0) is 10.2 Å². The monoisotopic (exact) mass is 395 g/mol. The number of anilines is 1. The van der Waals surface area contributed by atoms with Crippen LogP contribution in [0.25, 0.3) is 11.4 Å². The molecule has 29 heavy (non-hydrogen) atoms. The number of hydrogen-bond acceptors (Lipinski definition) is 5. The number of nitrogens with one attached hydrogen (secondary N) is 2. The highest BCUT2D eigenvalue weighted by Gasteiger charge is 2.13. The summed E-state index contributed by atoms with van der Waals surface area (Å²) in [6.07, 6.45) is 0.939. The molecule has 1 amide bonds. The highest BCUT2D eigenvalue weighted by molar-refractivity contribution is 5.91. The predicted molar refractivity (Wildman–Crippen MR) is 111 cm³/mol. The largest absolute Gasteiger partial charge is 0.494 e. The smallest absolute Gasteiger partial charge is 0.439 e. The molecular weight excluding hydrogens is 370 g/mol. The Morgan fingerprint density at radius 1 is 1.17 bits per heavy atom. The molecule has 152 valence electrons. The van der Waals surface area contributed by atoms with E-state index in [0.717, 1.165) is 5.75 Å². The van der Waals surface area contributed by atoms with Crippen LogP contribution in [-0.4, -0.2) is 22.7 Å². The van der Waals surface area contributed by atoms with Crippen LogP contribution >= 0.6 is 0 Å². The summed E-state index contributed by atoms with van der Waals surface area (Å²) in [5.41, 5.74) is 2.63. The molecule has 0 atom stereocenters. The molecule has 0 aliphatic heterocycles. The van der Waals surface area contributed by atoms with Crippen molar-refractivity contribution in [2.45, 2.75) is 39.0 Å². The van der Waals surface area contributed by atoms with Gasteiger partial charge in [0.15, 0.2) is 5.82 Å². The third-order valence-electron chi connectivity index (χ3n) is 4.40. The van der Waals surface area contributed by atoms with E-state index in [2.05, 4.69) is 52.9 Å². The van der Waals surface area contributed by atoms with E-state index in [0.29, 0.717) is 36.5 Å². The lowest BCUT2D eigenvalue weighted by molar-refractivity contribution is -0.116. The van der Waals surface area contributed by atoms with Crippen LogP contribution in [0.2, 0.25) is 0 Å². The number of carbonyl (C=O) groups is 1. The van der Waals surface area contributed by atoms with Crippen molar-refractivity contribution in [3.05, 3.63) is 64.6 Å². The maximum absolute atomic E-state index is 12.2. The van der Waals surface area contributed by atoms with Crippen LogP contribution in [0, 0.1) is 0 Å². The number of aromatic nitrogens is 2. The highest BCUT2D eigenvalue weighted by Crippen LogP contribution is 2.24. The first-order valence-electron chi connectivity index (χ1n) is 9.51. The molecule has 3 aromatic rings. The Labute approximate surface area is 169 Å². The van der Waals surface area contributed by atoms with Crippen LogP contribution in [0.1, 0.15) is 39.2 Å². The number of hydrogen-bond donors (Lipinski definition) is 2. The number of nitrogens with zero attached hydrogens (tertiary/aromatic N) is 1. The number of amides is 1. The van der Waals surface area contributed by atoms with E-state index in [9.17, 15) is 9.59 Å². The summed E-state index contributed by atoms with van der Waals surface area (Å²) in [6.45, 7) is 6.97. The topological polar surface area (TPSA) is 97.2 Å². The van der Waals surface area contributed by atoms with Gasteiger partial charge in [-0.05, 0) is 41.7 Å². The summed E-state index contributed by atoms with van der Waals surface area (Å²) in [5, 5.41) is 6.48. The second-order valence-corrected chi connectivity index (χ2v) is 7.80. The van der Waals surface area contributed by atoms with Crippen molar-refractivity contribution >= 4 is 11.6 Å². The van der Waals surface area contributed by atoms with Crippen molar-refractivity contribution in [2.75, 3.05) is 11.9 Å². The van der Waals surface area contributed by atoms with E-state index in [1.54, 1.807) is 24.3 Å². The van der Waals surface area contributed by atoms with E-state index >= 15 is 0 Å². The van der Waals surface area contributed by atoms with Crippen LogP contribution in [0.15, 0.2) is 57.8 Å². The van der Waals surface area contributed by atoms with Crippen LogP contribution in [0.4, 0.5) is 5.69 Å². The standard InChI is InChI=1S/C22H25N3O4/c1-22(2,3)16-9-11-18(12-10-16)28-13-5-8-19(26)23-17-7-4-6-15(14-17)20-24-21(27)29-25-20/h4,6-7,9-12,14H,5,8,13H2,1-3H3,(H,23,26)(H,24,25,27). The summed E-state index contributed by atoms with van der Waals surface area (Å²) >= 11 is 0. The fourth-order valence-corrected chi connectivity index (χ4v) is 2.80. The molecule has 0 fully saturated rings. The number of ether oxygens (including phenoxy) is 1. The van der Waals surface area contributed by atoms with Crippen molar-refractivity contribution in [3.8, 4) is 17.1 Å². The van der Waals surface area contributed by atoms with E-state index in [4.69, 9.17) is 4.74 Å². The molecule has 0 saturated heterocycles. The second-order valence-electron chi connectivity index (χ2n) is 7.80. The van der Waals surface area contributed by atoms with Gasteiger partial charge >= 0.3 is 5.76 Å². The molecule has 1 aromatic heterocycles. The first kappa shape index (κ1) is 20.4. The Kier molecular flexibility index (Phi) is 6.16. The third-order valence-corrected chi connectivity index (χ3v) is 4.40. The van der Waals surface area contributed by atoms with Crippen molar-refractivity contribution in [1.29, 1.82) is 0 Å². The molecule has 0 radical (unpaired) electrons. The van der Waals surface area contributed by atoms with Gasteiger partial charge in [-0.3, -0.25) is 14.3 Å². The first-order valence-corrected chi connectivity index (χ1v) is 9.51. The van der Waals surface area contributed by atoms with E-state index in [1.165, 1.54) is 5.56 Å². The molecule has 0 aliphatic rings. The Bertz CT molecular complexity index is 1010. The highest BCUT2D eigenvalue weighted by atomic mass is 16.5. The maximum Gasteiger partial charge on any atom is 0.439 e. The number of H-pyrrole nitrogens is 1. The third kappa shape index (κ3) is 5.81. The van der Waals surface area contributed by atoms with Crippen LogP contribution < -0.4 is 15.8 Å². The van der Waals surface area contributed by atoms with Crippen molar-refractivity contribution in [2.24, 2.45) is 0 Å². The first-order chi connectivity index (χ1) is 13.8. The summed E-state index contributed by atoms with van der Waals surface area (Å²) in [6, 6.07) is 15.1. The molecule has 0 aliphatic carbocycles. The van der Waals surface area contributed by atoms with Crippen LogP contribution in [0.3, 0.4) is 0 Å². The zero-order chi connectivity index (χ0) is 20.9. The number of benzene rings is 2. The fourth-order valence-electron chi connectivity index (χ4n) is 2.80. The Morgan fingerprint density at radius 3 is 2.59 bits per heavy atom. The molecule has 7 nitrogen and oxygen atoms in total. The van der Waals surface area contributed by atoms with Crippen molar-refractivity contribution < 1.29 is 14.1 Å². The lowest BCUT2D eigenvalue weighted by Gasteiger charge is -2.19. The maximum atomic E-state index is 12.2. The molecular formula is C22H25N3O4.